The third-order valence-corrected chi connectivity index (χ3v) is 5.39. The molecule has 0 spiro atoms. The first-order valence-corrected chi connectivity index (χ1v) is 9.85. The molecule has 0 bridgehead atoms. The SMILES string of the molecule is COC(=O)CCN1CCC(N(Cc2ccccc2)Cc2ccccc2)CC1. The molecule has 1 aliphatic rings. The number of likely N-dealkylation sites (tertiary alicyclic amines) is 1. The Kier molecular flexibility index (Phi) is 7.43. The van der Waals surface area contributed by atoms with Crippen LogP contribution >= 0.6 is 0 Å². The number of benzene rings is 2. The summed E-state index contributed by atoms with van der Waals surface area (Å²) in [7, 11) is 1.46. The number of rotatable bonds is 8. The van der Waals surface area contributed by atoms with Crippen molar-refractivity contribution in [3.63, 3.8) is 0 Å². The fourth-order valence-corrected chi connectivity index (χ4v) is 3.81. The maximum atomic E-state index is 11.4. The van der Waals surface area contributed by atoms with Crippen LogP contribution in [-0.2, 0) is 22.6 Å². The lowest BCUT2D eigenvalue weighted by molar-refractivity contribution is -0.141. The highest BCUT2D eigenvalue weighted by atomic mass is 16.5. The summed E-state index contributed by atoms with van der Waals surface area (Å²) >= 11 is 0. The molecule has 4 heteroatoms. The van der Waals surface area contributed by atoms with Crippen LogP contribution in [0.5, 0.6) is 0 Å². The van der Waals surface area contributed by atoms with Crippen molar-refractivity contribution in [1.29, 1.82) is 0 Å². The number of piperidine rings is 1. The monoisotopic (exact) mass is 366 g/mol. The quantitative estimate of drug-likeness (QED) is 0.667. The van der Waals surface area contributed by atoms with Gasteiger partial charge in [0.15, 0.2) is 0 Å². The van der Waals surface area contributed by atoms with Crippen LogP contribution in [0.25, 0.3) is 0 Å². The van der Waals surface area contributed by atoms with Crippen molar-refractivity contribution in [2.45, 2.75) is 38.4 Å². The van der Waals surface area contributed by atoms with Crippen molar-refractivity contribution in [1.82, 2.24) is 9.80 Å². The summed E-state index contributed by atoms with van der Waals surface area (Å²) < 4.78 is 4.76. The Bertz CT molecular complexity index is 641. The highest BCUT2D eigenvalue weighted by Crippen LogP contribution is 2.21. The Morgan fingerprint density at radius 1 is 0.963 bits per heavy atom. The van der Waals surface area contributed by atoms with Gasteiger partial charge in [0.25, 0.3) is 0 Å². The van der Waals surface area contributed by atoms with E-state index in [1.165, 1.54) is 18.2 Å². The molecule has 4 nitrogen and oxygen atoms in total. The minimum Gasteiger partial charge on any atom is -0.469 e. The lowest BCUT2D eigenvalue weighted by atomic mass is 10.0. The molecule has 0 N–H and O–H groups in total. The molecule has 0 unspecified atom stereocenters. The minimum absolute atomic E-state index is 0.119. The molecule has 1 heterocycles. The predicted octanol–water partition coefficient (Wildman–Crippen LogP) is 3.72. The molecule has 2 aromatic carbocycles. The molecule has 0 saturated carbocycles. The number of nitrogens with zero attached hydrogens (tertiary/aromatic N) is 2. The summed E-state index contributed by atoms with van der Waals surface area (Å²) in [5.74, 6) is -0.119. The van der Waals surface area contributed by atoms with Gasteiger partial charge < -0.3 is 9.64 Å². The van der Waals surface area contributed by atoms with Crippen molar-refractivity contribution in [3.8, 4) is 0 Å². The van der Waals surface area contributed by atoms with E-state index in [-0.39, 0.29) is 5.97 Å². The molecule has 0 aliphatic carbocycles. The van der Waals surface area contributed by atoms with Crippen LogP contribution in [0.4, 0.5) is 0 Å². The zero-order chi connectivity index (χ0) is 18.9. The Balaban J connectivity index is 1.60. The second-order valence-corrected chi connectivity index (χ2v) is 7.28. The molecule has 0 atom stereocenters. The van der Waals surface area contributed by atoms with Gasteiger partial charge in [-0.1, -0.05) is 60.7 Å². The van der Waals surface area contributed by atoms with Crippen molar-refractivity contribution < 1.29 is 9.53 Å². The molecule has 1 saturated heterocycles. The summed E-state index contributed by atoms with van der Waals surface area (Å²) in [4.78, 5) is 16.4. The molecule has 3 rings (SSSR count). The summed E-state index contributed by atoms with van der Waals surface area (Å²) in [5.41, 5.74) is 2.73. The van der Waals surface area contributed by atoms with Crippen molar-refractivity contribution in [2.24, 2.45) is 0 Å². The Morgan fingerprint density at radius 3 is 1.96 bits per heavy atom. The summed E-state index contributed by atoms with van der Waals surface area (Å²) in [6, 6.07) is 22.0. The zero-order valence-electron chi connectivity index (χ0n) is 16.2. The number of hydrogen-bond acceptors (Lipinski definition) is 4. The van der Waals surface area contributed by atoms with E-state index in [1.807, 2.05) is 0 Å². The summed E-state index contributed by atoms with van der Waals surface area (Å²) in [5, 5.41) is 0. The Labute approximate surface area is 162 Å². The van der Waals surface area contributed by atoms with Gasteiger partial charge in [-0.3, -0.25) is 9.69 Å². The van der Waals surface area contributed by atoms with E-state index in [1.54, 1.807) is 0 Å². The first-order valence-electron chi connectivity index (χ1n) is 9.85. The first kappa shape index (κ1) is 19.6. The molecule has 0 amide bonds. The number of carbonyl (C=O) groups excluding carboxylic acids is 1. The van der Waals surface area contributed by atoms with E-state index >= 15 is 0 Å². The van der Waals surface area contributed by atoms with Crippen LogP contribution in [0.2, 0.25) is 0 Å². The summed E-state index contributed by atoms with van der Waals surface area (Å²) in [6.45, 7) is 4.84. The second-order valence-electron chi connectivity index (χ2n) is 7.28. The van der Waals surface area contributed by atoms with Crippen molar-refractivity contribution in [2.75, 3.05) is 26.7 Å². The molecule has 1 aliphatic heterocycles. The van der Waals surface area contributed by atoms with Gasteiger partial charge in [-0.2, -0.15) is 0 Å². The molecule has 27 heavy (non-hydrogen) atoms. The van der Waals surface area contributed by atoms with Gasteiger partial charge in [-0.05, 0) is 37.1 Å². The molecule has 144 valence electrons. The van der Waals surface area contributed by atoms with Gasteiger partial charge in [-0.15, -0.1) is 0 Å². The number of ether oxygens (including phenoxy) is 1. The van der Waals surface area contributed by atoms with Gasteiger partial charge in [0.1, 0.15) is 0 Å². The van der Waals surface area contributed by atoms with E-state index in [0.29, 0.717) is 12.5 Å². The predicted molar refractivity (Wildman–Crippen MR) is 108 cm³/mol. The third kappa shape index (κ3) is 6.19. The number of hydrogen-bond donors (Lipinski definition) is 0. The number of esters is 1. The molecular weight excluding hydrogens is 336 g/mol. The van der Waals surface area contributed by atoms with E-state index in [2.05, 4.69) is 70.5 Å². The largest absolute Gasteiger partial charge is 0.469 e. The fourth-order valence-electron chi connectivity index (χ4n) is 3.81. The van der Waals surface area contributed by atoms with E-state index in [9.17, 15) is 4.79 Å². The maximum absolute atomic E-state index is 11.4. The van der Waals surface area contributed by atoms with Crippen molar-refractivity contribution in [3.05, 3.63) is 71.8 Å². The smallest absolute Gasteiger partial charge is 0.306 e. The fraction of sp³-hybridized carbons (Fsp3) is 0.435. The Hall–Kier alpha value is -2.17. The first-order chi connectivity index (χ1) is 13.2. The molecule has 0 radical (unpaired) electrons. The number of carbonyl (C=O) groups is 1. The van der Waals surface area contributed by atoms with Gasteiger partial charge in [0, 0.05) is 25.7 Å². The highest BCUT2D eigenvalue weighted by molar-refractivity contribution is 5.69. The van der Waals surface area contributed by atoms with Gasteiger partial charge in [-0.25, -0.2) is 0 Å². The van der Waals surface area contributed by atoms with E-state index in [0.717, 1.165) is 45.6 Å². The van der Waals surface area contributed by atoms with Crippen molar-refractivity contribution >= 4 is 5.97 Å². The normalized spacial score (nSPS) is 15.8. The highest BCUT2D eigenvalue weighted by Gasteiger charge is 2.25. The molecular formula is C23H30N2O2. The lowest BCUT2D eigenvalue weighted by Gasteiger charge is -2.38. The Morgan fingerprint density at radius 2 is 1.48 bits per heavy atom. The summed E-state index contributed by atoms with van der Waals surface area (Å²) in [6.07, 6.45) is 2.76. The molecule has 0 aromatic heterocycles. The average molecular weight is 367 g/mol. The van der Waals surface area contributed by atoms with Gasteiger partial charge in [0.05, 0.1) is 13.5 Å². The van der Waals surface area contributed by atoms with Gasteiger partial charge >= 0.3 is 5.97 Å². The van der Waals surface area contributed by atoms with Gasteiger partial charge in [0.2, 0.25) is 0 Å². The van der Waals surface area contributed by atoms with Crippen LogP contribution < -0.4 is 0 Å². The van der Waals surface area contributed by atoms with E-state index in [4.69, 9.17) is 4.74 Å². The van der Waals surface area contributed by atoms with Crippen LogP contribution in [0.1, 0.15) is 30.4 Å². The van der Waals surface area contributed by atoms with Crippen LogP contribution in [-0.4, -0.2) is 48.6 Å². The minimum atomic E-state index is -0.119. The zero-order valence-corrected chi connectivity index (χ0v) is 16.2. The van der Waals surface area contributed by atoms with Crippen LogP contribution in [0, 0.1) is 0 Å². The van der Waals surface area contributed by atoms with Crippen LogP contribution in [0.3, 0.4) is 0 Å². The van der Waals surface area contributed by atoms with E-state index < -0.39 is 0 Å². The standard InChI is InChI=1S/C23H30N2O2/c1-27-23(26)14-17-24-15-12-22(13-16-24)25(18-20-8-4-2-5-9-20)19-21-10-6-3-7-11-21/h2-11,22H,12-19H2,1H3. The maximum Gasteiger partial charge on any atom is 0.306 e. The van der Waals surface area contributed by atoms with Crippen LogP contribution in [0.15, 0.2) is 60.7 Å². The lowest BCUT2D eigenvalue weighted by Crippen LogP contribution is -2.44. The average Bonchev–Trinajstić information content (AvgIpc) is 2.73. The molecule has 1 fully saturated rings. The topological polar surface area (TPSA) is 32.8 Å². The second kappa shape index (κ2) is 10.2. The molecule has 2 aromatic rings. The third-order valence-electron chi connectivity index (χ3n) is 5.39. The number of methoxy groups -OCH3 is 1.